The first-order valence-electron chi connectivity index (χ1n) is 5.31. The van der Waals surface area contributed by atoms with Gasteiger partial charge in [-0.3, -0.25) is 0 Å². The number of nitrogens with one attached hydrogen (secondary N) is 1. The Morgan fingerprint density at radius 3 is 2.67 bits per heavy atom. The van der Waals surface area contributed by atoms with Crippen molar-refractivity contribution in [2.45, 2.75) is 12.5 Å². The highest BCUT2D eigenvalue weighted by Crippen LogP contribution is 2.29. The fraction of sp³-hybridized carbons (Fsp3) is 0.500. The molecule has 2 atom stereocenters. The van der Waals surface area contributed by atoms with Crippen molar-refractivity contribution in [1.82, 2.24) is 5.32 Å². The molecule has 0 radical (unpaired) electrons. The van der Waals surface area contributed by atoms with Crippen molar-refractivity contribution >= 4 is 15.9 Å². The lowest BCUT2D eigenvalue weighted by Crippen LogP contribution is -2.25. The molecule has 0 spiro atoms. The van der Waals surface area contributed by atoms with E-state index in [0.29, 0.717) is 12.0 Å². The molecule has 3 heteroatoms. The first kappa shape index (κ1) is 11.1. The highest BCUT2D eigenvalue weighted by Gasteiger charge is 2.25. The van der Waals surface area contributed by atoms with Crippen LogP contribution in [0.15, 0.2) is 28.7 Å². The van der Waals surface area contributed by atoms with Crippen molar-refractivity contribution in [2.24, 2.45) is 5.92 Å². The van der Waals surface area contributed by atoms with E-state index in [1.165, 1.54) is 5.56 Å². The number of benzene rings is 1. The van der Waals surface area contributed by atoms with Gasteiger partial charge in [0.05, 0.1) is 6.61 Å². The second kappa shape index (κ2) is 5.10. The van der Waals surface area contributed by atoms with E-state index in [9.17, 15) is 0 Å². The van der Waals surface area contributed by atoms with Crippen molar-refractivity contribution in [3.8, 4) is 0 Å². The van der Waals surface area contributed by atoms with Crippen LogP contribution in [-0.4, -0.2) is 20.3 Å². The summed E-state index contributed by atoms with van der Waals surface area (Å²) in [5, 5.41) is 3.38. The minimum Gasteiger partial charge on any atom is -0.381 e. The maximum Gasteiger partial charge on any atom is 0.0513 e. The molecular formula is C12H16BrNO. The van der Waals surface area contributed by atoms with E-state index >= 15 is 0 Å². The minimum absolute atomic E-state index is 0.417. The van der Waals surface area contributed by atoms with Crippen LogP contribution >= 0.6 is 15.9 Å². The lowest BCUT2D eigenvalue weighted by atomic mass is 9.92. The van der Waals surface area contributed by atoms with Crippen molar-refractivity contribution < 1.29 is 4.74 Å². The van der Waals surface area contributed by atoms with Gasteiger partial charge in [-0.1, -0.05) is 28.1 Å². The number of rotatable bonds is 3. The van der Waals surface area contributed by atoms with Crippen LogP contribution in [-0.2, 0) is 4.74 Å². The van der Waals surface area contributed by atoms with Gasteiger partial charge in [0, 0.05) is 23.0 Å². The third kappa shape index (κ3) is 2.60. The van der Waals surface area contributed by atoms with Crippen molar-refractivity contribution in [3.05, 3.63) is 34.3 Å². The predicted molar refractivity (Wildman–Crippen MR) is 64.9 cm³/mol. The van der Waals surface area contributed by atoms with Crippen molar-refractivity contribution in [3.63, 3.8) is 0 Å². The number of hydrogen-bond donors (Lipinski definition) is 1. The van der Waals surface area contributed by atoms with Gasteiger partial charge in [-0.2, -0.15) is 0 Å². The first-order chi connectivity index (χ1) is 7.31. The summed E-state index contributed by atoms with van der Waals surface area (Å²) in [6.45, 7) is 1.78. The first-order valence-corrected chi connectivity index (χ1v) is 6.11. The molecule has 1 N–H and O–H groups in total. The fourth-order valence-electron chi connectivity index (χ4n) is 2.16. The molecular weight excluding hydrogens is 254 g/mol. The molecule has 1 aliphatic rings. The molecule has 2 rings (SSSR count). The van der Waals surface area contributed by atoms with E-state index in [0.717, 1.165) is 24.1 Å². The normalized spacial score (nSPS) is 22.9. The molecule has 1 aromatic rings. The highest BCUT2D eigenvalue weighted by atomic mass is 79.9. The van der Waals surface area contributed by atoms with E-state index in [1.54, 1.807) is 0 Å². The molecule has 0 aromatic heterocycles. The van der Waals surface area contributed by atoms with Crippen LogP contribution in [0.5, 0.6) is 0 Å². The predicted octanol–water partition coefficient (Wildman–Crippen LogP) is 2.75. The number of hydrogen-bond acceptors (Lipinski definition) is 2. The van der Waals surface area contributed by atoms with Gasteiger partial charge >= 0.3 is 0 Å². The largest absolute Gasteiger partial charge is 0.381 e. The highest BCUT2D eigenvalue weighted by molar-refractivity contribution is 9.10. The van der Waals surface area contributed by atoms with Gasteiger partial charge in [0.1, 0.15) is 0 Å². The Kier molecular flexibility index (Phi) is 3.78. The maximum absolute atomic E-state index is 5.44. The molecule has 82 valence electrons. The van der Waals surface area contributed by atoms with Crippen LogP contribution in [0.1, 0.15) is 18.0 Å². The molecule has 0 aliphatic carbocycles. The molecule has 1 heterocycles. The molecule has 1 fully saturated rings. The Hall–Kier alpha value is -0.380. The third-order valence-electron chi connectivity index (χ3n) is 2.98. The van der Waals surface area contributed by atoms with Crippen LogP contribution in [0.25, 0.3) is 0 Å². The van der Waals surface area contributed by atoms with Gasteiger partial charge in [-0.25, -0.2) is 0 Å². The van der Waals surface area contributed by atoms with Gasteiger partial charge in [0.25, 0.3) is 0 Å². The van der Waals surface area contributed by atoms with E-state index in [4.69, 9.17) is 4.74 Å². The Labute approximate surface area is 99.1 Å². The van der Waals surface area contributed by atoms with Crippen LogP contribution in [0, 0.1) is 5.92 Å². The molecule has 1 saturated heterocycles. The van der Waals surface area contributed by atoms with Crippen molar-refractivity contribution in [2.75, 3.05) is 20.3 Å². The smallest absolute Gasteiger partial charge is 0.0513 e. The molecule has 1 aromatic carbocycles. The zero-order chi connectivity index (χ0) is 10.7. The standard InChI is InChI=1S/C12H16BrNO/c1-14-12(10-6-7-15-8-10)9-2-4-11(13)5-3-9/h2-5,10,12,14H,6-8H2,1H3. The molecule has 0 amide bonds. The maximum atomic E-state index is 5.44. The van der Waals surface area contributed by atoms with E-state index in [2.05, 4.69) is 45.5 Å². The summed E-state index contributed by atoms with van der Waals surface area (Å²) in [5.74, 6) is 0.608. The van der Waals surface area contributed by atoms with Crippen LogP contribution < -0.4 is 5.32 Å². The number of halogens is 1. The fourth-order valence-corrected chi connectivity index (χ4v) is 2.42. The van der Waals surface area contributed by atoms with Crippen LogP contribution in [0.2, 0.25) is 0 Å². The van der Waals surface area contributed by atoms with Crippen molar-refractivity contribution in [1.29, 1.82) is 0 Å². The average molecular weight is 270 g/mol. The van der Waals surface area contributed by atoms with Crippen LogP contribution in [0.4, 0.5) is 0 Å². The zero-order valence-electron chi connectivity index (χ0n) is 8.87. The minimum atomic E-state index is 0.417. The molecule has 0 saturated carbocycles. The molecule has 0 bridgehead atoms. The van der Waals surface area contributed by atoms with Crippen LogP contribution in [0.3, 0.4) is 0 Å². The third-order valence-corrected chi connectivity index (χ3v) is 3.51. The summed E-state index contributed by atoms with van der Waals surface area (Å²) in [7, 11) is 2.02. The summed E-state index contributed by atoms with van der Waals surface area (Å²) in [6, 6.07) is 8.94. The molecule has 2 unspecified atom stereocenters. The summed E-state index contributed by atoms with van der Waals surface area (Å²) in [5.41, 5.74) is 1.34. The van der Waals surface area contributed by atoms with Gasteiger partial charge in [-0.05, 0) is 31.2 Å². The lowest BCUT2D eigenvalue weighted by molar-refractivity contribution is 0.178. The average Bonchev–Trinajstić information content (AvgIpc) is 2.75. The van der Waals surface area contributed by atoms with Gasteiger partial charge < -0.3 is 10.1 Å². The van der Waals surface area contributed by atoms with Gasteiger partial charge in [0.15, 0.2) is 0 Å². The van der Waals surface area contributed by atoms with Gasteiger partial charge in [-0.15, -0.1) is 0 Å². The Balaban J connectivity index is 2.14. The summed E-state index contributed by atoms with van der Waals surface area (Å²) >= 11 is 3.45. The Bertz CT molecular complexity index is 306. The molecule has 15 heavy (non-hydrogen) atoms. The molecule has 2 nitrogen and oxygen atoms in total. The summed E-state index contributed by atoms with van der Waals surface area (Å²) in [4.78, 5) is 0. The monoisotopic (exact) mass is 269 g/mol. The zero-order valence-corrected chi connectivity index (χ0v) is 10.5. The van der Waals surface area contributed by atoms with E-state index in [-0.39, 0.29) is 0 Å². The van der Waals surface area contributed by atoms with E-state index < -0.39 is 0 Å². The Morgan fingerprint density at radius 2 is 2.13 bits per heavy atom. The quantitative estimate of drug-likeness (QED) is 0.911. The van der Waals surface area contributed by atoms with E-state index in [1.807, 2.05) is 7.05 Å². The Morgan fingerprint density at radius 1 is 1.40 bits per heavy atom. The number of ether oxygens (including phenoxy) is 1. The second-order valence-corrected chi connectivity index (χ2v) is 4.86. The summed E-state index contributed by atoms with van der Waals surface area (Å²) < 4.78 is 6.56. The summed E-state index contributed by atoms with van der Waals surface area (Å²) in [6.07, 6.45) is 1.15. The second-order valence-electron chi connectivity index (χ2n) is 3.94. The topological polar surface area (TPSA) is 21.3 Å². The molecule has 1 aliphatic heterocycles. The lowest BCUT2D eigenvalue weighted by Gasteiger charge is -2.22. The van der Waals surface area contributed by atoms with Gasteiger partial charge in [0.2, 0.25) is 0 Å². The SMILES string of the molecule is CNC(c1ccc(Br)cc1)C1CCOC1.